The second-order valence-corrected chi connectivity index (χ2v) is 5.02. The number of amides is 1. The lowest BCUT2D eigenvalue weighted by Crippen LogP contribution is -2.25. The molecule has 1 N–H and O–H groups in total. The molecule has 100 valence electrons. The predicted molar refractivity (Wildman–Crippen MR) is 72.0 cm³/mol. The molecule has 1 heterocycles. The number of rotatable bonds is 6. The Bertz CT molecular complexity index is 426. The van der Waals surface area contributed by atoms with Gasteiger partial charge in [0.15, 0.2) is 0 Å². The van der Waals surface area contributed by atoms with Crippen molar-refractivity contribution in [3.63, 3.8) is 0 Å². The molecule has 1 aromatic rings. The van der Waals surface area contributed by atoms with Crippen molar-refractivity contribution < 1.29 is 14.3 Å². The molecule has 1 amide bonds. The standard InChI is InChI=1S/C13H19NO3S/c1-4-10-9(3)8-11(18-10)13(16)14-7-6-12(15)17-5-2/h8H,4-7H2,1-3H3,(H,14,16). The van der Waals surface area contributed by atoms with Crippen LogP contribution in [0.4, 0.5) is 0 Å². The van der Waals surface area contributed by atoms with Crippen LogP contribution in [0.25, 0.3) is 0 Å². The van der Waals surface area contributed by atoms with E-state index in [0.717, 1.165) is 12.0 Å². The minimum atomic E-state index is -0.283. The van der Waals surface area contributed by atoms with E-state index in [-0.39, 0.29) is 18.3 Å². The highest BCUT2D eigenvalue weighted by molar-refractivity contribution is 7.14. The summed E-state index contributed by atoms with van der Waals surface area (Å²) in [6, 6.07) is 1.89. The van der Waals surface area contributed by atoms with Crippen LogP contribution in [0.5, 0.6) is 0 Å². The predicted octanol–water partition coefficient (Wildman–Crippen LogP) is 2.30. The molecule has 5 heteroatoms. The number of hydrogen-bond donors (Lipinski definition) is 1. The smallest absolute Gasteiger partial charge is 0.307 e. The third kappa shape index (κ3) is 4.14. The minimum Gasteiger partial charge on any atom is -0.466 e. The van der Waals surface area contributed by atoms with E-state index in [4.69, 9.17) is 4.74 Å². The number of ether oxygens (including phenoxy) is 1. The fourth-order valence-electron chi connectivity index (χ4n) is 1.58. The number of aryl methyl sites for hydroxylation is 2. The number of nitrogens with one attached hydrogen (secondary N) is 1. The number of carbonyl (C=O) groups is 2. The molecule has 0 unspecified atom stereocenters. The van der Waals surface area contributed by atoms with Gasteiger partial charge in [-0.3, -0.25) is 9.59 Å². The van der Waals surface area contributed by atoms with Crippen LogP contribution in [0.15, 0.2) is 6.07 Å². The summed E-state index contributed by atoms with van der Waals surface area (Å²) < 4.78 is 4.78. The van der Waals surface area contributed by atoms with E-state index >= 15 is 0 Å². The van der Waals surface area contributed by atoms with Gasteiger partial charge in [0.25, 0.3) is 5.91 Å². The van der Waals surface area contributed by atoms with E-state index in [1.165, 1.54) is 16.2 Å². The van der Waals surface area contributed by atoms with Crippen LogP contribution in [0.3, 0.4) is 0 Å². The average Bonchev–Trinajstić information content (AvgIpc) is 2.71. The molecule has 0 saturated carbocycles. The van der Waals surface area contributed by atoms with Crippen LogP contribution in [0, 0.1) is 6.92 Å². The van der Waals surface area contributed by atoms with Crippen molar-refractivity contribution in [1.29, 1.82) is 0 Å². The summed E-state index contributed by atoms with van der Waals surface area (Å²) in [4.78, 5) is 24.8. The number of carbonyl (C=O) groups excluding carboxylic acids is 2. The highest BCUT2D eigenvalue weighted by Gasteiger charge is 2.11. The fraction of sp³-hybridized carbons (Fsp3) is 0.538. The second kappa shape index (κ2) is 7.16. The van der Waals surface area contributed by atoms with E-state index in [1.807, 2.05) is 13.0 Å². The Hall–Kier alpha value is -1.36. The molecule has 4 nitrogen and oxygen atoms in total. The summed E-state index contributed by atoms with van der Waals surface area (Å²) in [5.41, 5.74) is 1.15. The van der Waals surface area contributed by atoms with Gasteiger partial charge in [-0.25, -0.2) is 0 Å². The van der Waals surface area contributed by atoms with Crippen molar-refractivity contribution >= 4 is 23.2 Å². The summed E-state index contributed by atoms with van der Waals surface area (Å²) >= 11 is 1.51. The normalized spacial score (nSPS) is 10.2. The molecule has 1 rings (SSSR count). The van der Waals surface area contributed by atoms with Gasteiger partial charge in [0.1, 0.15) is 0 Å². The molecule has 0 fully saturated rings. The molecule has 18 heavy (non-hydrogen) atoms. The Kier molecular flexibility index (Phi) is 5.85. The minimum absolute atomic E-state index is 0.118. The maximum absolute atomic E-state index is 11.8. The zero-order valence-electron chi connectivity index (χ0n) is 11.0. The van der Waals surface area contributed by atoms with Crippen LogP contribution in [0.1, 0.15) is 40.4 Å². The van der Waals surface area contributed by atoms with Crippen molar-refractivity contribution in [1.82, 2.24) is 5.32 Å². The first-order chi connectivity index (χ1) is 8.58. The van der Waals surface area contributed by atoms with Crippen molar-refractivity contribution in [3.8, 4) is 0 Å². The van der Waals surface area contributed by atoms with Gasteiger partial charge in [0.2, 0.25) is 0 Å². The first kappa shape index (κ1) is 14.7. The Labute approximate surface area is 111 Å². The highest BCUT2D eigenvalue weighted by atomic mass is 32.1. The average molecular weight is 269 g/mol. The van der Waals surface area contributed by atoms with E-state index in [1.54, 1.807) is 6.92 Å². The van der Waals surface area contributed by atoms with Gasteiger partial charge in [-0.05, 0) is 31.9 Å². The molecule has 0 atom stereocenters. The summed E-state index contributed by atoms with van der Waals surface area (Å²) in [5, 5.41) is 2.72. The lowest BCUT2D eigenvalue weighted by Gasteiger charge is -2.03. The zero-order valence-corrected chi connectivity index (χ0v) is 11.9. The Morgan fingerprint density at radius 1 is 1.39 bits per heavy atom. The lowest BCUT2D eigenvalue weighted by molar-refractivity contribution is -0.142. The monoisotopic (exact) mass is 269 g/mol. The van der Waals surface area contributed by atoms with Crippen LogP contribution in [0.2, 0.25) is 0 Å². The summed E-state index contributed by atoms with van der Waals surface area (Å²) in [6.07, 6.45) is 1.15. The molecular weight excluding hydrogens is 250 g/mol. The molecule has 0 aliphatic carbocycles. The quantitative estimate of drug-likeness (QED) is 0.806. The third-order valence-corrected chi connectivity index (χ3v) is 3.87. The van der Waals surface area contributed by atoms with E-state index in [0.29, 0.717) is 18.0 Å². The van der Waals surface area contributed by atoms with Crippen molar-refractivity contribution in [2.45, 2.75) is 33.6 Å². The molecule has 0 saturated heterocycles. The van der Waals surface area contributed by atoms with E-state index in [9.17, 15) is 9.59 Å². The first-order valence-corrected chi connectivity index (χ1v) is 6.93. The lowest BCUT2D eigenvalue weighted by atomic mass is 10.2. The molecular formula is C13H19NO3S. The summed E-state index contributed by atoms with van der Waals surface area (Å²) in [6.45, 7) is 6.52. The van der Waals surface area contributed by atoms with Gasteiger partial charge >= 0.3 is 5.97 Å². The first-order valence-electron chi connectivity index (χ1n) is 6.11. The Balaban J connectivity index is 2.43. The van der Waals surface area contributed by atoms with Gasteiger partial charge < -0.3 is 10.1 Å². The molecule has 0 aromatic carbocycles. The number of esters is 1. The second-order valence-electron chi connectivity index (χ2n) is 3.88. The molecule has 0 bridgehead atoms. The van der Waals surface area contributed by atoms with Gasteiger partial charge in [0, 0.05) is 11.4 Å². The van der Waals surface area contributed by atoms with Crippen LogP contribution in [-0.2, 0) is 16.0 Å². The molecule has 0 spiro atoms. The third-order valence-electron chi connectivity index (χ3n) is 2.49. The van der Waals surface area contributed by atoms with E-state index in [2.05, 4.69) is 12.2 Å². The van der Waals surface area contributed by atoms with Crippen molar-refractivity contribution in [2.24, 2.45) is 0 Å². The molecule has 0 aliphatic heterocycles. The molecule has 0 aliphatic rings. The van der Waals surface area contributed by atoms with Gasteiger partial charge in [-0.2, -0.15) is 0 Å². The van der Waals surface area contributed by atoms with E-state index < -0.39 is 0 Å². The zero-order chi connectivity index (χ0) is 13.5. The Morgan fingerprint density at radius 3 is 2.67 bits per heavy atom. The highest BCUT2D eigenvalue weighted by Crippen LogP contribution is 2.22. The van der Waals surface area contributed by atoms with Crippen molar-refractivity contribution in [3.05, 3.63) is 21.4 Å². The number of hydrogen-bond acceptors (Lipinski definition) is 4. The SMILES string of the molecule is CCOC(=O)CCNC(=O)c1cc(C)c(CC)s1. The largest absolute Gasteiger partial charge is 0.466 e. The van der Waals surface area contributed by atoms with Crippen molar-refractivity contribution in [2.75, 3.05) is 13.2 Å². The fourth-order valence-corrected chi connectivity index (χ4v) is 2.61. The van der Waals surface area contributed by atoms with Gasteiger partial charge in [-0.1, -0.05) is 6.92 Å². The van der Waals surface area contributed by atoms with Gasteiger partial charge in [-0.15, -0.1) is 11.3 Å². The van der Waals surface area contributed by atoms with Crippen LogP contribution < -0.4 is 5.32 Å². The molecule has 1 aromatic heterocycles. The van der Waals surface area contributed by atoms with Crippen LogP contribution in [-0.4, -0.2) is 25.0 Å². The van der Waals surface area contributed by atoms with Crippen LogP contribution >= 0.6 is 11.3 Å². The van der Waals surface area contributed by atoms with Gasteiger partial charge in [0.05, 0.1) is 17.9 Å². The molecule has 0 radical (unpaired) electrons. The Morgan fingerprint density at radius 2 is 2.11 bits per heavy atom. The summed E-state index contributed by atoms with van der Waals surface area (Å²) in [7, 11) is 0. The maximum Gasteiger partial charge on any atom is 0.307 e. The maximum atomic E-state index is 11.8. The number of thiophene rings is 1. The summed E-state index contributed by atoms with van der Waals surface area (Å²) in [5.74, 6) is -0.401. The topological polar surface area (TPSA) is 55.4 Å².